The summed E-state index contributed by atoms with van der Waals surface area (Å²) in [7, 11) is 0. The van der Waals surface area contributed by atoms with Crippen molar-refractivity contribution in [1.29, 1.82) is 0 Å². The maximum Gasteiger partial charge on any atom is 0.233 e. The van der Waals surface area contributed by atoms with Gasteiger partial charge >= 0.3 is 0 Å². The molecule has 1 aromatic rings. The van der Waals surface area contributed by atoms with Gasteiger partial charge in [0.1, 0.15) is 0 Å². The SMILES string of the molecule is NNC(=O)CCCCSc1ccc2c(c1)CCC2. The molecule has 1 amide bonds. The Kier molecular flexibility index (Phi) is 5.08. The van der Waals surface area contributed by atoms with Crippen molar-refractivity contribution in [2.24, 2.45) is 5.84 Å². The van der Waals surface area contributed by atoms with E-state index in [1.54, 1.807) is 0 Å². The van der Waals surface area contributed by atoms with Crippen LogP contribution < -0.4 is 11.3 Å². The van der Waals surface area contributed by atoms with E-state index in [0.29, 0.717) is 6.42 Å². The predicted octanol–water partition coefficient (Wildman–Crippen LogP) is 2.43. The van der Waals surface area contributed by atoms with Crippen molar-refractivity contribution in [2.75, 3.05) is 5.75 Å². The first-order valence-electron chi connectivity index (χ1n) is 6.53. The number of hydrazine groups is 1. The minimum absolute atomic E-state index is 0.0717. The zero-order valence-corrected chi connectivity index (χ0v) is 11.4. The molecular formula is C14H20N2OS. The van der Waals surface area contributed by atoms with E-state index in [2.05, 4.69) is 23.6 Å². The molecule has 0 heterocycles. The molecule has 4 heteroatoms. The number of benzene rings is 1. The molecule has 3 N–H and O–H groups in total. The molecule has 0 atom stereocenters. The summed E-state index contributed by atoms with van der Waals surface area (Å²) in [6.07, 6.45) is 6.27. The fourth-order valence-corrected chi connectivity index (χ4v) is 3.26. The van der Waals surface area contributed by atoms with Gasteiger partial charge in [-0.25, -0.2) is 5.84 Å². The summed E-state index contributed by atoms with van der Waals surface area (Å²) >= 11 is 1.88. The van der Waals surface area contributed by atoms with Gasteiger partial charge in [-0.1, -0.05) is 6.07 Å². The van der Waals surface area contributed by atoms with Crippen molar-refractivity contribution < 1.29 is 4.79 Å². The van der Waals surface area contributed by atoms with E-state index >= 15 is 0 Å². The van der Waals surface area contributed by atoms with Crippen molar-refractivity contribution >= 4 is 17.7 Å². The molecule has 2 rings (SSSR count). The first-order valence-corrected chi connectivity index (χ1v) is 7.52. The van der Waals surface area contributed by atoms with E-state index in [1.807, 2.05) is 11.8 Å². The van der Waals surface area contributed by atoms with Crippen LogP contribution in [0.4, 0.5) is 0 Å². The van der Waals surface area contributed by atoms with Crippen molar-refractivity contribution in [3.63, 3.8) is 0 Å². The lowest BCUT2D eigenvalue weighted by atomic mass is 10.1. The zero-order chi connectivity index (χ0) is 12.8. The van der Waals surface area contributed by atoms with Crippen molar-refractivity contribution in [3.8, 4) is 0 Å². The van der Waals surface area contributed by atoms with Crippen LogP contribution in [0.2, 0.25) is 0 Å². The van der Waals surface area contributed by atoms with E-state index in [4.69, 9.17) is 5.84 Å². The van der Waals surface area contributed by atoms with Crippen LogP contribution in [0, 0.1) is 0 Å². The number of carbonyl (C=O) groups is 1. The lowest BCUT2D eigenvalue weighted by Crippen LogP contribution is -2.29. The number of unbranched alkanes of at least 4 members (excludes halogenated alkanes) is 1. The molecule has 0 aromatic heterocycles. The minimum atomic E-state index is -0.0717. The van der Waals surface area contributed by atoms with Gasteiger partial charge in [0.25, 0.3) is 0 Å². The third-order valence-corrected chi connectivity index (χ3v) is 4.38. The standard InChI is InChI=1S/C14H20N2OS/c15-16-14(17)6-1-2-9-18-13-8-7-11-4-3-5-12(11)10-13/h7-8,10H,1-6,9,15H2,(H,16,17). The molecule has 0 saturated heterocycles. The lowest BCUT2D eigenvalue weighted by Gasteiger charge is -2.05. The number of hydrogen-bond acceptors (Lipinski definition) is 3. The van der Waals surface area contributed by atoms with Gasteiger partial charge in [-0.3, -0.25) is 10.2 Å². The zero-order valence-electron chi connectivity index (χ0n) is 10.6. The molecule has 3 nitrogen and oxygen atoms in total. The van der Waals surface area contributed by atoms with Crippen LogP contribution in [-0.2, 0) is 17.6 Å². The second kappa shape index (κ2) is 6.81. The molecule has 18 heavy (non-hydrogen) atoms. The van der Waals surface area contributed by atoms with Crippen LogP contribution in [0.5, 0.6) is 0 Å². The Balaban J connectivity index is 1.69. The van der Waals surface area contributed by atoms with Gasteiger partial charge in [-0.2, -0.15) is 0 Å². The molecule has 0 unspecified atom stereocenters. The first-order chi connectivity index (χ1) is 8.79. The summed E-state index contributed by atoms with van der Waals surface area (Å²) in [4.78, 5) is 12.3. The number of aryl methyl sites for hydroxylation is 2. The topological polar surface area (TPSA) is 55.1 Å². The van der Waals surface area contributed by atoms with Crippen LogP contribution in [0.15, 0.2) is 23.1 Å². The maximum absolute atomic E-state index is 10.9. The highest BCUT2D eigenvalue weighted by Crippen LogP contribution is 2.28. The highest BCUT2D eigenvalue weighted by atomic mass is 32.2. The quantitative estimate of drug-likeness (QED) is 0.273. The number of carbonyl (C=O) groups excluding carboxylic acids is 1. The average Bonchev–Trinajstić information content (AvgIpc) is 2.85. The molecule has 0 spiro atoms. The average molecular weight is 264 g/mol. The molecule has 1 aliphatic carbocycles. The van der Waals surface area contributed by atoms with Crippen molar-refractivity contribution in [3.05, 3.63) is 29.3 Å². The third kappa shape index (κ3) is 3.75. The Morgan fingerprint density at radius 3 is 2.94 bits per heavy atom. The molecule has 98 valence electrons. The van der Waals surface area contributed by atoms with Gasteiger partial charge in [0, 0.05) is 11.3 Å². The van der Waals surface area contributed by atoms with E-state index in [1.165, 1.54) is 35.3 Å². The Hall–Kier alpha value is -1.00. The molecule has 0 saturated carbocycles. The molecule has 1 aromatic carbocycles. The van der Waals surface area contributed by atoms with Gasteiger partial charge in [0.2, 0.25) is 5.91 Å². The second-order valence-electron chi connectivity index (χ2n) is 4.66. The minimum Gasteiger partial charge on any atom is -0.294 e. The largest absolute Gasteiger partial charge is 0.294 e. The van der Waals surface area contributed by atoms with E-state index in [0.717, 1.165) is 18.6 Å². The smallest absolute Gasteiger partial charge is 0.233 e. The van der Waals surface area contributed by atoms with Crippen LogP contribution in [0.25, 0.3) is 0 Å². The van der Waals surface area contributed by atoms with Gasteiger partial charge in [0.15, 0.2) is 0 Å². The number of amides is 1. The Labute approximate surface area is 112 Å². The fraction of sp³-hybridized carbons (Fsp3) is 0.500. The summed E-state index contributed by atoms with van der Waals surface area (Å²) in [6.45, 7) is 0. The molecule has 0 bridgehead atoms. The van der Waals surface area contributed by atoms with Crippen LogP contribution >= 0.6 is 11.8 Å². The number of nitrogens with one attached hydrogen (secondary N) is 1. The Morgan fingerprint density at radius 2 is 2.11 bits per heavy atom. The number of fused-ring (bicyclic) bond motifs is 1. The predicted molar refractivity (Wildman–Crippen MR) is 75.4 cm³/mol. The highest BCUT2D eigenvalue weighted by molar-refractivity contribution is 7.99. The summed E-state index contributed by atoms with van der Waals surface area (Å²) < 4.78 is 0. The van der Waals surface area contributed by atoms with Crippen LogP contribution in [-0.4, -0.2) is 11.7 Å². The Morgan fingerprint density at radius 1 is 1.28 bits per heavy atom. The third-order valence-electron chi connectivity index (χ3n) is 3.30. The normalized spacial score (nSPS) is 13.4. The number of thioether (sulfide) groups is 1. The molecule has 1 aliphatic rings. The van der Waals surface area contributed by atoms with Gasteiger partial charge in [-0.05, 0) is 61.1 Å². The van der Waals surface area contributed by atoms with Gasteiger partial charge < -0.3 is 0 Å². The lowest BCUT2D eigenvalue weighted by molar-refractivity contribution is -0.121. The molecule has 0 radical (unpaired) electrons. The highest BCUT2D eigenvalue weighted by Gasteiger charge is 2.10. The van der Waals surface area contributed by atoms with Crippen molar-refractivity contribution in [2.45, 2.75) is 43.4 Å². The van der Waals surface area contributed by atoms with Crippen LogP contribution in [0.1, 0.15) is 36.8 Å². The number of hydrogen-bond donors (Lipinski definition) is 2. The fourth-order valence-electron chi connectivity index (χ4n) is 2.29. The number of rotatable bonds is 6. The van der Waals surface area contributed by atoms with Crippen molar-refractivity contribution in [1.82, 2.24) is 5.43 Å². The van der Waals surface area contributed by atoms with E-state index < -0.39 is 0 Å². The van der Waals surface area contributed by atoms with E-state index in [-0.39, 0.29) is 5.91 Å². The van der Waals surface area contributed by atoms with Gasteiger partial charge in [0.05, 0.1) is 0 Å². The summed E-state index contributed by atoms with van der Waals surface area (Å²) in [5.41, 5.74) is 5.21. The maximum atomic E-state index is 10.9. The monoisotopic (exact) mass is 264 g/mol. The molecule has 0 aliphatic heterocycles. The summed E-state index contributed by atoms with van der Waals surface area (Å²) in [5.74, 6) is 6.02. The first kappa shape index (κ1) is 13.4. The molecular weight excluding hydrogens is 244 g/mol. The Bertz CT molecular complexity index is 420. The summed E-state index contributed by atoms with van der Waals surface area (Å²) in [5, 5.41) is 0. The van der Waals surface area contributed by atoms with Gasteiger partial charge in [-0.15, -0.1) is 11.8 Å². The second-order valence-corrected chi connectivity index (χ2v) is 5.83. The molecule has 0 fully saturated rings. The number of nitrogens with two attached hydrogens (primary N) is 1. The van der Waals surface area contributed by atoms with E-state index in [9.17, 15) is 4.79 Å². The van der Waals surface area contributed by atoms with Crippen LogP contribution in [0.3, 0.4) is 0 Å². The summed E-state index contributed by atoms with van der Waals surface area (Å²) in [6, 6.07) is 6.83.